The lowest BCUT2D eigenvalue weighted by Crippen LogP contribution is -2.42. The third-order valence-corrected chi connectivity index (χ3v) is 4.13. The van der Waals surface area contributed by atoms with Crippen molar-refractivity contribution in [2.45, 2.75) is 44.7 Å². The fraction of sp³-hybridized carbons (Fsp3) is 0.600. The van der Waals surface area contributed by atoms with Crippen LogP contribution in [-0.4, -0.2) is 34.2 Å². The van der Waals surface area contributed by atoms with E-state index in [-0.39, 0.29) is 17.5 Å². The van der Waals surface area contributed by atoms with Gasteiger partial charge in [0.2, 0.25) is 0 Å². The Labute approximate surface area is 114 Å². The van der Waals surface area contributed by atoms with Gasteiger partial charge < -0.3 is 15.9 Å². The summed E-state index contributed by atoms with van der Waals surface area (Å²) in [6.07, 6.45) is 4.59. The van der Waals surface area contributed by atoms with Crippen LogP contribution in [-0.2, 0) is 0 Å². The van der Waals surface area contributed by atoms with E-state index >= 15 is 0 Å². The Bertz CT molecular complexity index is 421. The minimum Gasteiger partial charge on any atom is -0.508 e. The first-order valence-corrected chi connectivity index (χ1v) is 7.11. The van der Waals surface area contributed by atoms with Crippen LogP contribution in [0.1, 0.15) is 44.2 Å². The first-order valence-electron chi connectivity index (χ1n) is 7.11. The maximum absolute atomic E-state index is 9.99. The van der Waals surface area contributed by atoms with Crippen LogP contribution in [0.2, 0.25) is 0 Å². The number of likely N-dealkylation sites (tertiary alicyclic amines) is 1. The zero-order valence-corrected chi connectivity index (χ0v) is 11.5. The molecule has 0 bridgehead atoms. The summed E-state index contributed by atoms with van der Waals surface area (Å²) in [5, 5.41) is 19.6. The summed E-state index contributed by atoms with van der Waals surface area (Å²) >= 11 is 0. The van der Waals surface area contributed by atoms with Gasteiger partial charge in [0.1, 0.15) is 11.5 Å². The average molecular weight is 264 g/mol. The van der Waals surface area contributed by atoms with Crippen LogP contribution in [0.3, 0.4) is 0 Å². The van der Waals surface area contributed by atoms with Crippen LogP contribution in [0.15, 0.2) is 18.2 Å². The smallest absolute Gasteiger partial charge is 0.120 e. The number of rotatable bonds is 4. The highest BCUT2D eigenvalue weighted by Gasteiger charge is 2.28. The zero-order valence-electron chi connectivity index (χ0n) is 11.5. The van der Waals surface area contributed by atoms with E-state index in [2.05, 4.69) is 11.8 Å². The molecule has 106 valence electrons. The van der Waals surface area contributed by atoms with Crippen molar-refractivity contribution in [2.24, 2.45) is 5.73 Å². The average Bonchev–Trinajstić information content (AvgIpc) is 2.42. The second kappa shape index (κ2) is 6.26. The van der Waals surface area contributed by atoms with Crippen LogP contribution in [0.25, 0.3) is 0 Å². The third-order valence-electron chi connectivity index (χ3n) is 4.13. The van der Waals surface area contributed by atoms with Crippen LogP contribution >= 0.6 is 0 Å². The third kappa shape index (κ3) is 3.19. The van der Waals surface area contributed by atoms with E-state index in [0.717, 1.165) is 18.5 Å². The minimum atomic E-state index is 0.101. The highest BCUT2D eigenvalue weighted by atomic mass is 16.3. The Balaban J connectivity index is 2.20. The number of phenols is 2. The maximum atomic E-state index is 9.99. The number of nitrogens with zero attached hydrogens (tertiary/aromatic N) is 1. The number of phenolic OH excluding ortho intramolecular Hbond substituents is 2. The molecule has 1 aromatic rings. The van der Waals surface area contributed by atoms with Gasteiger partial charge in [-0.05, 0) is 57.5 Å². The summed E-state index contributed by atoms with van der Waals surface area (Å²) in [5.41, 5.74) is 6.49. The molecule has 19 heavy (non-hydrogen) atoms. The van der Waals surface area contributed by atoms with Crippen molar-refractivity contribution in [1.29, 1.82) is 0 Å². The first kappa shape index (κ1) is 14.2. The van der Waals surface area contributed by atoms with E-state index in [9.17, 15) is 10.2 Å². The molecule has 4 heteroatoms. The van der Waals surface area contributed by atoms with Gasteiger partial charge in [-0.3, -0.25) is 4.90 Å². The fourth-order valence-electron chi connectivity index (χ4n) is 3.09. The van der Waals surface area contributed by atoms with Crippen molar-refractivity contribution in [1.82, 2.24) is 4.90 Å². The van der Waals surface area contributed by atoms with E-state index < -0.39 is 0 Å². The van der Waals surface area contributed by atoms with Crippen molar-refractivity contribution in [3.8, 4) is 11.5 Å². The summed E-state index contributed by atoms with van der Waals surface area (Å²) < 4.78 is 0. The number of nitrogens with two attached hydrogens (primary N) is 1. The molecule has 0 aromatic heterocycles. The van der Waals surface area contributed by atoms with E-state index in [1.54, 1.807) is 12.1 Å². The second-order valence-electron chi connectivity index (χ2n) is 5.38. The molecule has 1 fully saturated rings. The highest BCUT2D eigenvalue weighted by molar-refractivity contribution is 5.40. The standard InChI is InChI=1S/C15H24N2O2/c1-11(14-10-13(18)5-6-15(14)19)17-9-3-2-4-12(17)7-8-16/h5-6,10-12,18-19H,2-4,7-9,16H2,1H3. The molecule has 0 amide bonds. The van der Waals surface area contributed by atoms with Gasteiger partial charge in [0.05, 0.1) is 0 Å². The minimum absolute atomic E-state index is 0.101. The molecule has 2 atom stereocenters. The Morgan fingerprint density at radius 3 is 2.89 bits per heavy atom. The van der Waals surface area contributed by atoms with Crippen LogP contribution in [0.4, 0.5) is 0 Å². The molecule has 2 unspecified atom stereocenters. The number of aromatic hydroxyl groups is 2. The molecule has 1 aliphatic heterocycles. The Morgan fingerprint density at radius 1 is 1.37 bits per heavy atom. The van der Waals surface area contributed by atoms with E-state index in [1.807, 2.05) is 0 Å². The highest BCUT2D eigenvalue weighted by Crippen LogP contribution is 2.35. The van der Waals surface area contributed by atoms with Gasteiger partial charge in [0.15, 0.2) is 0 Å². The summed E-state index contributed by atoms with van der Waals surface area (Å²) in [4.78, 5) is 2.41. The predicted molar refractivity (Wildman–Crippen MR) is 76.2 cm³/mol. The molecule has 4 N–H and O–H groups in total. The zero-order chi connectivity index (χ0) is 13.8. The predicted octanol–water partition coefficient (Wildman–Crippen LogP) is 2.36. The number of hydrogen-bond donors (Lipinski definition) is 3. The van der Waals surface area contributed by atoms with E-state index in [1.165, 1.54) is 25.3 Å². The molecule has 2 rings (SSSR count). The van der Waals surface area contributed by atoms with Crippen LogP contribution in [0, 0.1) is 0 Å². The summed E-state index contributed by atoms with van der Waals surface area (Å²) in [7, 11) is 0. The van der Waals surface area contributed by atoms with Crippen molar-refractivity contribution in [2.75, 3.05) is 13.1 Å². The molecular formula is C15H24N2O2. The van der Waals surface area contributed by atoms with Gasteiger partial charge in [0.25, 0.3) is 0 Å². The lowest BCUT2D eigenvalue weighted by molar-refractivity contribution is 0.0970. The van der Waals surface area contributed by atoms with Crippen LogP contribution < -0.4 is 5.73 Å². The lowest BCUT2D eigenvalue weighted by atomic mass is 9.94. The molecule has 0 radical (unpaired) electrons. The maximum Gasteiger partial charge on any atom is 0.120 e. The van der Waals surface area contributed by atoms with Crippen molar-refractivity contribution >= 4 is 0 Å². The first-order chi connectivity index (χ1) is 9.13. The topological polar surface area (TPSA) is 69.7 Å². The Kier molecular flexibility index (Phi) is 4.66. The van der Waals surface area contributed by atoms with Gasteiger partial charge in [-0.15, -0.1) is 0 Å². The largest absolute Gasteiger partial charge is 0.508 e. The molecule has 1 saturated heterocycles. The molecule has 0 aliphatic carbocycles. The molecule has 0 saturated carbocycles. The van der Waals surface area contributed by atoms with Crippen molar-refractivity contribution in [3.63, 3.8) is 0 Å². The molecular weight excluding hydrogens is 240 g/mol. The fourth-order valence-corrected chi connectivity index (χ4v) is 3.09. The Hall–Kier alpha value is -1.26. The van der Waals surface area contributed by atoms with Crippen molar-refractivity contribution in [3.05, 3.63) is 23.8 Å². The molecule has 4 nitrogen and oxygen atoms in total. The number of benzene rings is 1. The normalized spacial score (nSPS) is 22.3. The molecule has 1 heterocycles. The van der Waals surface area contributed by atoms with Gasteiger partial charge in [-0.2, -0.15) is 0 Å². The molecule has 1 aromatic carbocycles. The number of hydrogen-bond acceptors (Lipinski definition) is 4. The van der Waals surface area contributed by atoms with Gasteiger partial charge in [0, 0.05) is 17.6 Å². The molecule has 1 aliphatic rings. The lowest BCUT2D eigenvalue weighted by Gasteiger charge is -2.40. The van der Waals surface area contributed by atoms with Crippen molar-refractivity contribution < 1.29 is 10.2 Å². The van der Waals surface area contributed by atoms with Gasteiger partial charge in [-0.25, -0.2) is 0 Å². The quantitative estimate of drug-likeness (QED) is 0.730. The molecule has 0 spiro atoms. The number of piperidine rings is 1. The van der Waals surface area contributed by atoms with E-state index in [4.69, 9.17) is 5.73 Å². The van der Waals surface area contributed by atoms with Crippen LogP contribution in [0.5, 0.6) is 11.5 Å². The summed E-state index contributed by atoms with van der Waals surface area (Å²) in [5.74, 6) is 0.453. The van der Waals surface area contributed by atoms with Gasteiger partial charge >= 0.3 is 0 Å². The van der Waals surface area contributed by atoms with Gasteiger partial charge in [-0.1, -0.05) is 6.42 Å². The Morgan fingerprint density at radius 2 is 2.16 bits per heavy atom. The monoisotopic (exact) mass is 264 g/mol. The summed E-state index contributed by atoms with van der Waals surface area (Å²) in [6.45, 7) is 3.81. The van der Waals surface area contributed by atoms with E-state index in [0.29, 0.717) is 12.6 Å². The summed E-state index contributed by atoms with van der Waals surface area (Å²) in [6, 6.07) is 5.32. The SMILES string of the molecule is CC(c1cc(O)ccc1O)N1CCCCC1CCN. The second-order valence-corrected chi connectivity index (χ2v) is 5.38.